The number of aliphatic imine (C=N–C) groups is 1. The molecule has 0 unspecified atom stereocenters. The Labute approximate surface area is 569 Å². The van der Waals surface area contributed by atoms with Crippen molar-refractivity contribution < 1.29 is 76.2 Å². The molecule has 24 nitrogen and oxygen atoms in total. The van der Waals surface area contributed by atoms with Gasteiger partial charge >= 0.3 is 6.09 Å². The predicted octanol–water partition coefficient (Wildman–Crippen LogP) is 10.1. The molecule has 1 aliphatic carbocycles. The van der Waals surface area contributed by atoms with Crippen LogP contribution in [-0.4, -0.2) is 175 Å². The zero-order valence-corrected chi connectivity index (χ0v) is 57.3. The van der Waals surface area contributed by atoms with Gasteiger partial charge in [0, 0.05) is 62.2 Å². The summed E-state index contributed by atoms with van der Waals surface area (Å²) in [7, 11) is 2.98. The topological polar surface area (TPSA) is 273 Å². The summed E-state index contributed by atoms with van der Waals surface area (Å²) in [5, 5.41) is 11.3. The lowest BCUT2D eigenvalue weighted by molar-refractivity contribution is -0.132. The Bertz CT molecular complexity index is 3320. The van der Waals surface area contributed by atoms with Gasteiger partial charge in [0.1, 0.15) is 18.7 Å². The highest BCUT2D eigenvalue weighted by Crippen LogP contribution is 2.42. The van der Waals surface area contributed by atoms with Gasteiger partial charge in [0.05, 0.1) is 121 Å². The zero-order valence-electron chi connectivity index (χ0n) is 57.3. The minimum atomic E-state index is -0.975. The molecule has 4 N–H and O–H groups in total. The Balaban J connectivity index is 0.742. The number of fused-ring (bicyclic) bond motifs is 4. The maximum atomic E-state index is 14.4. The zero-order chi connectivity index (χ0) is 69.1. The Kier molecular flexibility index (Phi) is 29.4. The molecule has 8 rings (SSSR count). The fourth-order valence-electron chi connectivity index (χ4n) is 12.2. The number of hydrogen-bond donors (Lipinski definition) is 4. The molecule has 0 saturated heterocycles. The smallest absolute Gasteiger partial charge is 0.414 e. The minimum absolute atomic E-state index is 0.0117. The average Bonchev–Trinajstić information content (AvgIpc) is 1.67. The van der Waals surface area contributed by atoms with E-state index in [1.165, 1.54) is 57.6 Å². The molecule has 4 heterocycles. The summed E-state index contributed by atoms with van der Waals surface area (Å²) in [6.07, 6.45) is 24.6. The molecule has 24 heteroatoms. The fourth-order valence-corrected chi connectivity index (χ4v) is 12.2. The standard InChI is InChI=1S/C73H98N8O16/c1-8-17-53-37-56-44-75-60-42-64(62(89-6)40-58(60)71(86)79(56)45-53)95-27-16-28-96-65-43-61-59(41-63(65)90-7)72(87)80-46-54(18-9-2)38-57(80)47-81(61)73(88)97-48-52-21-23-55(24-22-52)77-69(84)50(5)76-70(85)68(49(3)4)78-66(82)25-29-91-31-33-93-35-36-94-34-32-92-30-26-74-67(83)39-51-19-14-12-10-11-13-15-20-51/h8-9,17-18,21-24,40-46,49-51,56-57,68H,10-16,19-20,25-39,47-48H2,1-7H3,(H,74,83)(H,76,85)(H,77,84)(H,78,82)/b17-8+,18-9+/t50-,56-,57-,68-/m0/s1. The van der Waals surface area contributed by atoms with Crippen molar-refractivity contribution in [3.8, 4) is 23.0 Å². The molecule has 5 aliphatic rings. The van der Waals surface area contributed by atoms with Crippen molar-refractivity contribution in [2.24, 2.45) is 16.8 Å². The minimum Gasteiger partial charge on any atom is -0.493 e. The molecule has 4 aliphatic heterocycles. The second-order valence-corrected chi connectivity index (χ2v) is 25.0. The SMILES string of the molecule is C/C=C/C1=CN2C(=O)c3cc(OC)c(OCCCOc4cc5c(cc4OC)C(=O)N4C=C(/C=C/C)C[C@H]4C=N5)cc3N(C(=O)OCc3ccc(NC(=O)[C@H](C)NC(=O)[C@@H](NC(=O)CCOCCOCCOCCOCCNC(=O)CC4CCCCCCCC4)C(C)C)cc3)C[C@@H]2C1. The van der Waals surface area contributed by atoms with Crippen LogP contribution < -0.4 is 45.1 Å². The van der Waals surface area contributed by atoms with E-state index in [-0.39, 0.29) is 104 Å². The van der Waals surface area contributed by atoms with Crippen LogP contribution in [0, 0.1) is 11.8 Å². The van der Waals surface area contributed by atoms with E-state index in [1.807, 2.05) is 44.4 Å². The van der Waals surface area contributed by atoms with E-state index in [2.05, 4.69) is 26.3 Å². The lowest BCUT2D eigenvalue weighted by Gasteiger charge is -2.26. The van der Waals surface area contributed by atoms with Crippen LogP contribution in [0.25, 0.3) is 0 Å². The van der Waals surface area contributed by atoms with E-state index < -0.39 is 36.0 Å². The first-order valence-corrected chi connectivity index (χ1v) is 34.1. The predicted molar refractivity (Wildman–Crippen MR) is 368 cm³/mol. The second kappa shape index (κ2) is 38.4. The highest BCUT2D eigenvalue weighted by molar-refractivity contribution is 6.07. The first-order valence-electron chi connectivity index (χ1n) is 34.1. The Morgan fingerprint density at radius 2 is 1.23 bits per heavy atom. The van der Waals surface area contributed by atoms with Crippen molar-refractivity contribution in [1.82, 2.24) is 25.8 Å². The molecule has 526 valence electrons. The maximum Gasteiger partial charge on any atom is 0.414 e. The molecular formula is C73H98N8O16. The summed E-state index contributed by atoms with van der Waals surface area (Å²) in [5.74, 6) is -0.260. The molecule has 97 heavy (non-hydrogen) atoms. The summed E-state index contributed by atoms with van der Waals surface area (Å²) in [5.41, 5.74) is 4.36. The van der Waals surface area contributed by atoms with Crippen molar-refractivity contribution in [2.75, 3.05) is 104 Å². The third kappa shape index (κ3) is 22.0. The normalized spacial score (nSPS) is 17.7. The number of carbonyl (C=O) groups is 7. The molecule has 1 saturated carbocycles. The number of rotatable bonds is 35. The van der Waals surface area contributed by atoms with Crippen LogP contribution in [-0.2, 0) is 49.5 Å². The molecule has 0 bridgehead atoms. The molecule has 4 atom stereocenters. The van der Waals surface area contributed by atoms with Crippen LogP contribution in [0.3, 0.4) is 0 Å². The molecule has 0 spiro atoms. The molecule has 7 amide bonds. The van der Waals surface area contributed by atoms with E-state index in [0.717, 1.165) is 24.0 Å². The second-order valence-electron chi connectivity index (χ2n) is 25.0. The van der Waals surface area contributed by atoms with Gasteiger partial charge in [-0.25, -0.2) is 4.79 Å². The van der Waals surface area contributed by atoms with Gasteiger partial charge in [-0.1, -0.05) is 88.8 Å². The number of anilines is 2. The first kappa shape index (κ1) is 74.2. The third-order valence-corrected chi connectivity index (χ3v) is 17.3. The van der Waals surface area contributed by atoms with Crippen LogP contribution in [0.1, 0.15) is 144 Å². The highest BCUT2D eigenvalue weighted by Gasteiger charge is 2.40. The molecule has 0 aromatic heterocycles. The van der Waals surface area contributed by atoms with Gasteiger partial charge < -0.3 is 73.7 Å². The maximum absolute atomic E-state index is 14.4. The van der Waals surface area contributed by atoms with Crippen LogP contribution in [0.2, 0.25) is 0 Å². The summed E-state index contributed by atoms with van der Waals surface area (Å²) in [4.78, 5) is 104. The number of amides is 7. The summed E-state index contributed by atoms with van der Waals surface area (Å²) < 4.78 is 52.1. The van der Waals surface area contributed by atoms with E-state index in [9.17, 15) is 33.6 Å². The number of methoxy groups -OCH3 is 2. The van der Waals surface area contributed by atoms with Gasteiger partial charge in [-0.3, -0.25) is 38.7 Å². The monoisotopic (exact) mass is 1340 g/mol. The van der Waals surface area contributed by atoms with Gasteiger partial charge in [0.2, 0.25) is 23.6 Å². The number of hydrogen-bond acceptors (Lipinski definition) is 17. The molecule has 1 fully saturated rings. The van der Waals surface area contributed by atoms with Gasteiger partial charge in [-0.2, -0.15) is 0 Å². The largest absolute Gasteiger partial charge is 0.493 e. The Morgan fingerprint density at radius 1 is 0.639 bits per heavy atom. The molecule has 3 aromatic rings. The third-order valence-electron chi connectivity index (χ3n) is 17.3. The van der Waals surface area contributed by atoms with Crippen LogP contribution in [0.5, 0.6) is 23.0 Å². The van der Waals surface area contributed by atoms with Crippen molar-refractivity contribution in [3.63, 3.8) is 0 Å². The summed E-state index contributed by atoms with van der Waals surface area (Å²) >= 11 is 0. The number of allylic oxidation sites excluding steroid dienone is 4. The Morgan fingerprint density at radius 3 is 1.87 bits per heavy atom. The molecule has 0 radical (unpaired) electrons. The van der Waals surface area contributed by atoms with Gasteiger partial charge in [-0.15, -0.1) is 0 Å². The number of nitrogens with zero attached hydrogens (tertiary/aromatic N) is 4. The number of carbonyl (C=O) groups excluding carboxylic acids is 7. The number of ether oxygens (including phenoxy) is 9. The van der Waals surface area contributed by atoms with Gasteiger partial charge in [0.25, 0.3) is 11.8 Å². The fraction of sp³-hybridized carbons (Fsp3) is 0.534. The Hall–Kier alpha value is -8.58. The van der Waals surface area contributed by atoms with E-state index in [4.69, 9.17) is 42.6 Å². The number of nitrogens with one attached hydrogen (secondary N) is 4. The van der Waals surface area contributed by atoms with Crippen molar-refractivity contribution >= 4 is 64.8 Å². The lowest BCUT2D eigenvalue weighted by atomic mass is 9.93. The quantitative estimate of drug-likeness (QED) is 0.0399. The average molecular weight is 1340 g/mol. The van der Waals surface area contributed by atoms with Crippen LogP contribution >= 0.6 is 0 Å². The van der Waals surface area contributed by atoms with Crippen molar-refractivity contribution in [2.45, 2.75) is 149 Å². The number of benzene rings is 3. The van der Waals surface area contributed by atoms with E-state index in [0.29, 0.717) is 112 Å². The molecular weight excluding hydrogens is 1240 g/mol. The first-order chi connectivity index (χ1) is 47.1. The summed E-state index contributed by atoms with van der Waals surface area (Å²) in [6.45, 7) is 12.4. The van der Waals surface area contributed by atoms with Crippen LogP contribution in [0.15, 0.2) is 101 Å². The van der Waals surface area contributed by atoms with Crippen molar-refractivity contribution in [3.05, 3.63) is 113 Å². The van der Waals surface area contributed by atoms with Gasteiger partial charge in [-0.05, 0) is 99.3 Å². The van der Waals surface area contributed by atoms with Crippen molar-refractivity contribution in [1.29, 1.82) is 0 Å². The van der Waals surface area contributed by atoms with E-state index in [1.54, 1.807) is 91.5 Å². The highest BCUT2D eigenvalue weighted by atomic mass is 16.6. The lowest BCUT2D eigenvalue weighted by Crippen LogP contribution is -2.53. The van der Waals surface area contributed by atoms with E-state index >= 15 is 0 Å². The van der Waals surface area contributed by atoms with Gasteiger partial charge in [0.15, 0.2) is 23.0 Å². The molecule has 3 aromatic carbocycles. The van der Waals surface area contributed by atoms with Crippen LogP contribution in [0.4, 0.5) is 21.9 Å². The summed E-state index contributed by atoms with van der Waals surface area (Å²) in [6, 6.07) is 10.7.